The van der Waals surface area contributed by atoms with E-state index in [4.69, 9.17) is 9.15 Å². The molecule has 33 heavy (non-hydrogen) atoms. The van der Waals surface area contributed by atoms with Gasteiger partial charge in [0.15, 0.2) is 0 Å². The fourth-order valence-electron chi connectivity index (χ4n) is 4.46. The van der Waals surface area contributed by atoms with Crippen molar-refractivity contribution in [1.29, 1.82) is 0 Å². The molecule has 6 heteroatoms. The number of rotatable bonds is 8. The number of ether oxygens (including phenoxy) is 1. The molecule has 1 aliphatic heterocycles. The lowest BCUT2D eigenvalue weighted by Crippen LogP contribution is -2.33. The normalized spacial score (nSPS) is 14.7. The van der Waals surface area contributed by atoms with Crippen molar-refractivity contribution in [1.82, 2.24) is 4.90 Å². The first-order valence-corrected chi connectivity index (χ1v) is 11.7. The lowest BCUT2D eigenvalue weighted by Gasteiger charge is -2.29. The number of esters is 1. The molecule has 0 spiro atoms. The van der Waals surface area contributed by atoms with Gasteiger partial charge in [0.05, 0.1) is 18.4 Å². The average molecular weight is 450 g/mol. The zero-order valence-electron chi connectivity index (χ0n) is 19.3. The van der Waals surface area contributed by atoms with Crippen molar-refractivity contribution >= 4 is 16.9 Å². The molecule has 1 atom stereocenters. The summed E-state index contributed by atoms with van der Waals surface area (Å²) in [5, 5.41) is 11.5. The van der Waals surface area contributed by atoms with Crippen molar-refractivity contribution < 1.29 is 19.1 Å². The molecule has 0 fully saturated rings. The van der Waals surface area contributed by atoms with E-state index >= 15 is 0 Å². The Hall–Kier alpha value is -3.12. The molecular weight excluding hydrogens is 418 g/mol. The number of unbranched alkanes of at least 4 members (excludes halogenated alkanes) is 1. The largest absolute Gasteiger partial charge is 0.507 e. The van der Waals surface area contributed by atoms with E-state index in [2.05, 4.69) is 17.0 Å². The number of hydrogen-bond donors (Lipinski definition) is 1. The van der Waals surface area contributed by atoms with Gasteiger partial charge < -0.3 is 14.3 Å². The van der Waals surface area contributed by atoms with Gasteiger partial charge in [-0.25, -0.2) is 4.79 Å². The number of phenolic OH excluding ortho intramolecular Hbond substituents is 1. The molecule has 0 amide bonds. The number of carbonyl (C=O) groups is 1. The molecule has 2 aromatic carbocycles. The van der Waals surface area contributed by atoms with Crippen LogP contribution in [0.4, 0.5) is 0 Å². The SMILES string of the molecule is CCCCOC(=O)CC(C)c1cc(O)c2c3c(c(=O)oc2c1)CCN(Cc1ccccc1)C3. The summed E-state index contributed by atoms with van der Waals surface area (Å²) < 4.78 is 10.9. The highest BCUT2D eigenvalue weighted by Gasteiger charge is 2.25. The predicted molar refractivity (Wildman–Crippen MR) is 127 cm³/mol. The molecule has 6 nitrogen and oxygen atoms in total. The third kappa shape index (κ3) is 5.28. The van der Waals surface area contributed by atoms with E-state index in [0.29, 0.717) is 36.1 Å². The minimum absolute atomic E-state index is 0.0789. The van der Waals surface area contributed by atoms with Gasteiger partial charge >= 0.3 is 11.6 Å². The molecule has 4 rings (SSSR count). The van der Waals surface area contributed by atoms with Crippen molar-refractivity contribution in [3.63, 3.8) is 0 Å². The summed E-state index contributed by atoms with van der Waals surface area (Å²) in [6.07, 6.45) is 2.60. The number of aromatic hydroxyl groups is 1. The summed E-state index contributed by atoms with van der Waals surface area (Å²) in [6.45, 7) is 6.47. The van der Waals surface area contributed by atoms with Crippen molar-refractivity contribution in [2.24, 2.45) is 0 Å². The number of benzene rings is 2. The van der Waals surface area contributed by atoms with Crippen LogP contribution >= 0.6 is 0 Å². The Labute approximate surface area is 193 Å². The highest BCUT2D eigenvalue weighted by molar-refractivity contribution is 5.88. The Kier molecular flexibility index (Phi) is 7.14. The molecule has 3 aromatic rings. The van der Waals surface area contributed by atoms with Crippen molar-refractivity contribution in [2.45, 2.75) is 58.5 Å². The van der Waals surface area contributed by atoms with Gasteiger partial charge in [0, 0.05) is 25.2 Å². The van der Waals surface area contributed by atoms with Gasteiger partial charge in [0.1, 0.15) is 11.3 Å². The van der Waals surface area contributed by atoms with Gasteiger partial charge in [0.2, 0.25) is 0 Å². The minimum Gasteiger partial charge on any atom is -0.507 e. The number of phenols is 1. The quantitative estimate of drug-likeness (QED) is 0.300. The van der Waals surface area contributed by atoms with Crippen molar-refractivity contribution in [3.05, 3.63) is 75.1 Å². The van der Waals surface area contributed by atoms with Crippen molar-refractivity contribution in [3.8, 4) is 5.75 Å². The topological polar surface area (TPSA) is 80.0 Å². The van der Waals surface area contributed by atoms with Gasteiger partial charge in [-0.3, -0.25) is 9.69 Å². The zero-order chi connectivity index (χ0) is 23.4. The molecule has 1 aliphatic rings. The monoisotopic (exact) mass is 449 g/mol. The standard InChI is InChI=1S/C27H31NO5/c1-3-4-12-32-25(30)13-18(2)20-14-23(29)26-22-17-28(16-19-8-6-5-7-9-19)11-10-21(22)27(31)33-24(26)15-20/h5-9,14-15,18,29H,3-4,10-13,16-17H2,1-2H3. The van der Waals surface area contributed by atoms with Gasteiger partial charge in [-0.15, -0.1) is 0 Å². The Morgan fingerprint density at radius 1 is 1.21 bits per heavy atom. The lowest BCUT2D eigenvalue weighted by atomic mass is 9.92. The molecule has 0 bridgehead atoms. The predicted octanol–water partition coefficient (Wildman–Crippen LogP) is 4.89. The van der Waals surface area contributed by atoms with Crippen LogP contribution in [0.5, 0.6) is 5.75 Å². The molecule has 2 heterocycles. The maximum atomic E-state index is 12.7. The van der Waals surface area contributed by atoms with E-state index in [9.17, 15) is 14.7 Å². The summed E-state index contributed by atoms with van der Waals surface area (Å²) in [7, 11) is 0. The maximum Gasteiger partial charge on any atom is 0.339 e. The van der Waals surface area contributed by atoms with Crippen LogP contribution in [0.2, 0.25) is 0 Å². The average Bonchev–Trinajstić information content (AvgIpc) is 2.79. The van der Waals surface area contributed by atoms with Crippen LogP contribution in [-0.4, -0.2) is 29.1 Å². The molecule has 1 unspecified atom stereocenters. The van der Waals surface area contributed by atoms with Crippen LogP contribution in [0.15, 0.2) is 51.7 Å². The Bertz CT molecular complexity index is 1180. The Morgan fingerprint density at radius 3 is 2.76 bits per heavy atom. The third-order valence-electron chi connectivity index (χ3n) is 6.33. The fourth-order valence-corrected chi connectivity index (χ4v) is 4.46. The van der Waals surface area contributed by atoms with E-state index in [1.54, 1.807) is 12.1 Å². The number of hydrogen-bond acceptors (Lipinski definition) is 6. The molecule has 0 aliphatic carbocycles. The van der Waals surface area contributed by atoms with E-state index in [1.165, 1.54) is 5.56 Å². The van der Waals surface area contributed by atoms with Crippen LogP contribution in [0, 0.1) is 0 Å². The van der Waals surface area contributed by atoms with E-state index in [1.807, 2.05) is 32.0 Å². The minimum atomic E-state index is -0.347. The zero-order valence-corrected chi connectivity index (χ0v) is 19.3. The second-order valence-electron chi connectivity index (χ2n) is 8.89. The molecule has 1 aromatic heterocycles. The summed E-state index contributed by atoms with van der Waals surface area (Å²) in [5.41, 5.74) is 3.44. The number of nitrogens with zero attached hydrogens (tertiary/aromatic N) is 1. The number of fused-ring (bicyclic) bond motifs is 3. The fraction of sp³-hybridized carbons (Fsp3) is 0.407. The molecule has 174 valence electrons. The van der Waals surface area contributed by atoms with Crippen LogP contribution in [0.3, 0.4) is 0 Å². The first-order chi connectivity index (χ1) is 16.0. The van der Waals surface area contributed by atoms with Crippen LogP contribution in [0.1, 0.15) is 61.3 Å². The molecular formula is C27H31NO5. The van der Waals surface area contributed by atoms with Crippen LogP contribution in [0.25, 0.3) is 11.0 Å². The Morgan fingerprint density at radius 2 is 2.00 bits per heavy atom. The second kappa shape index (κ2) is 10.2. The van der Waals surface area contributed by atoms with E-state index in [0.717, 1.165) is 37.1 Å². The smallest absolute Gasteiger partial charge is 0.339 e. The van der Waals surface area contributed by atoms with Gasteiger partial charge in [-0.2, -0.15) is 0 Å². The molecule has 1 N–H and O–H groups in total. The Balaban J connectivity index is 1.60. The summed E-state index contributed by atoms with van der Waals surface area (Å²) in [6, 6.07) is 13.7. The van der Waals surface area contributed by atoms with Crippen molar-refractivity contribution in [2.75, 3.05) is 13.2 Å². The van der Waals surface area contributed by atoms with Gasteiger partial charge in [-0.1, -0.05) is 50.6 Å². The first kappa shape index (κ1) is 23.1. The second-order valence-corrected chi connectivity index (χ2v) is 8.89. The summed E-state index contributed by atoms with van der Waals surface area (Å²) in [4.78, 5) is 27.1. The highest BCUT2D eigenvalue weighted by Crippen LogP contribution is 2.36. The maximum absolute atomic E-state index is 12.7. The van der Waals surface area contributed by atoms with E-state index in [-0.39, 0.29) is 29.7 Å². The molecule has 0 radical (unpaired) electrons. The van der Waals surface area contributed by atoms with Crippen LogP contribution in [-0.2, 0) is 29.0 Å². The van der Waals surface area contributed by atoms with Gasteiger partial charge in [-0.05, 0) is 47.6 Å². The highest BCUT2D eigenvalue weighted by atomic mass is 16.5. The first-order valence-electron chi connectivity index (χ1n) is 11.7. The van der Waals surface area contributed by atoms with Crippen LogP contribution < -0.4 is 5.63 Å². The summed E-state index contributed by atoms with van der Waals surface area (Å²) >= 11 is 0. The van der Waals surface area contributed by atoms with Gasteiger partial charge in [0.25, 0.3) is 0 Å². The molecule has 0 saturated heterocycles. The molecule has 0 saturated carbocycles. The van der Waals surface area contributed by atoms with E-state index < -0.39 is 0 Å². The third-order valence-corrected chi connectivity index (χ3v) is 6.33. The lowest BCUT2D eigenvalue weighted by molar-refractivity contribution is -0.144. The summed E-state index contributed by atoms with van der Waals surface area (Å²) in [5.74, 6) is -0.361. The number of carbonyl (C=O) groups excluding carboxylic acids is 1.